The van der Waals surface area contributed by atoms with Gasteiger partial charge in [-0.2, -0.15) is 0 Å². The van der Waals surface area contributed by atoms with E-state index in [-0.39, 0.29) is 18.4 Å². The molecule has 0 unspecified atom stereocenters. The summed E-state index contributed by atoms with van der Waals surface area (Å²) in [5, 5.41) is 0.546. The zero-order valence-corrected chi connectivity index (χ0v) is 12.6. The lowest BCUT2D eigenvalue weighted by atomic mass is 10.3. The molecule has 0 radical (unpaired) electrons. The van der Waals surface area contributed by atoms with Crippen LogP contribution in [0.5, 0.6) is 0 Å². The van der Waals surface area contributed by atoms with Gasteiger partial charge in [0.25, 0.3) is 0 Å². The lowest BCUT2D eigenvalue weighted by Gasteiger charge is -2.22. The fraction of sp³-hybridized carbons (Fsp3) is 0.818. The number of allylic oxidation sites excluding steroid dienone is 2. The van der Waals surface area contributed by atoms with Crippen molar-refractivity contribution in [3.63, 3.8) is 0 Å². The summed E-state index contributed by atoms with van der Waals surface area (Å²) in [7, 11) is -3.13. The molecular formula is C11H22ClO3P. The van der Waals surface area contributed by atoms with Gasteiger partial charge in [-0.15, -0.1) is 0 Å². The van der Waals surface area contributed by atoms with E-state index in [0.29, 0.717) is 5.03 Å². The Morgan fingerprint density at radius 1 is 1.12 bits per heavy atom. The van der Waals surface area contributed by atoms with Crippen LogP contribution in [-0.2, 0) is 13.6 Å². The average Bonchev–Trinajstić information content (AvgIpc) is 1.98. The van der Waals surface area contributed by atoms with E-state index in [1.165, 1.54) is 0 Å². The van der Waals surface area contributed by atoms with Gasteiger partial charge in [-0.05, 0) is 41.5 Å². The predicted molar refractivity (Wildman–Crippen MR) is 69.1 cm³/mol. The van der Waals surface area contributed by atoms with Crippen LogP contribution in [0.1, 0.15) is 41.5 Å². The Morgan fingerprint density at radius 2 is 1.50 bits per heavy atom. The number of rotatable bonds is 6. The first-order chi connectivity index (χ1) is 7.16. The number of hydrogen-bond donors (Lipinski definition) is 0. The molecule has 0 amide bonds. The zero-order valence-electron chi connectivity index (χ0n) is 10.9. The molecule has 96 valence electrons. The van der Waals surface area contributed by atoms with E-state index in [1.807, 2.05) is 41.5 Å². The van der Waals surface area contributed by atoms with Crippen LogP contribution in [0, 0.1) is 0 Å². The Hall–Kier alpha value is 0.180. The topological polar surface area (TPSA) is 35.5 Å². The normalized spacial score (nSPS) is 12.3. The second-order valence-corrected chi connectivity index (χ2v) is 6.90. The lowest BCUT2D eigenvalue weighted by Crippen LogP contribution is -2.10. The molecule has 0 heterocycles. The van der Waals surface area contributed by atoms with Crippen molar-refractivity contribution in [3.05, 3.63) is 10.6 Å². The van der Waals surface area contributed by atoms with Gasteiger partial charge in [0.1, 0.15) is 0 Å². The van der Waals surface area contributed by atoms with Crippen LogP contribution in [0.15, 0.2) is 10.6 Å². The van der Waals surface area contributed by atoms with Gasteiger partial charge in [0.05, 0.1) is 18.4 Å². The highest BCUT2D eigenvalue weighted by Crippen LogP contribution is 2.52. The molecule has 0 aromatic heterocycles. The molecule has 0 N–H and O–H groups in total. The van der Waals surface area contributed by atoms with Crippen LogP contribution >= 0.6 is 19.2 Å². The van der Waals surface area contributed by atoms with Crippen molar-refractivity contribution in [3.8, 4) is 0 Å². The monoisotopic (exact) mass is 268 g/mol. The van der Waals surface area contributed by atoms with Crippen molar-refractivity contribution in [1.82, 2.24) is 0 Å². The molecule has 0 saturated carbocycles. The molecule has 0 aromatic carbocycles. The van der Waals surface area contributed by atoms with Crippen LogP contribution in [0.4, 0.5) is 0 Å². The maximum atomic E-state index is 12.4. The van der Waals surface area contributed by atoms with Crippen LogP contribution in [0.3, 0.4) is 0 Å². The quantitative estimate of drug-likeness (QED) is 0.662. The number of hydrogen-bond acceptors (Lipinski definition) is 3. The van der Waals surface area contributed by atoms with Crippen molar-refractivity contribution in [1.29, 1.82) is 0 Å². The summed E-state index contributed by atoms with van der Waals surface area (Å²) < 4.78 is 23.2. The maximum Gasteiger partial charge on any atom is 0.336 e. The van der Waals surface area contributed by atoms with Crippen LogP contribution in [0.2, 0.25) is 0 Å². The summed E-state index contributed by atoms with van der Waals surface area (Å²) in [6, 6.07) is 0. The molecule has 0 saturated heterocycles. The fourth-order valence-corrected chi connectivity index (χ4v) is 3.65. The summed E-state index contributed by atoms with van der Waals surface area (Å²) in [5.41, 5.74) is 0.932. The SMILES string of the molecule is CC(C)=C(Cl)CP(=O)(OC(C)C)OC(C)C. The molecule has 3 nitrogen and oxygen atoms in total. The molecule has 16 heavy (non-hydrogen) atoms. The lowest BCUT2D eigenvalue weighted by molar-refractivity contribution is 0.144. The second kappa shape index (κ2) is 6.80. The van der Waals surface area contributed by atoms with Gasteiger partial charge in [0.15, 0.2) is 0 Å². The van der Waals surface area contributed by atoms with Crippen LogP contribution in [0.25, 0.3) is 0 Å². The van der Waals surface area contributed by atoms with Gasteiger partial charge < -0.3 is 9.05 Å². The van der Waals surface area contributed by atoms with Gasteiger partial charge in [0, 0.05) is 5.03 Å². The molecule has 0 fully saturated rings. The minimum atomic E-state index is -3.13. The Labute approximate surface area is 104 Å². The van der Waals surface area contributed by atoms with Gasteiger partial charge in [-0.25, -0.2) is 0 Å². The molecule has 0 spiro atoms. The first-order valence-electron chi connectivity index (χ1n) is 5.44. The van der Waals surface area contributed by atoms with Crippen molar-refractivity contribution in [2.24, 2.45) is 0 Å². The Balaban J connectivity index is 4.81. The zero-order chi connectivity index (χ0) is 12.9. The highest BCUT2D eigenvalue weighted by molar-refractivity contribution is 7.54. The first-order valence-corrected chi connectivity index (χ1v) is 7.54. The largest absolute Gasteiger partial charge is 0.336 e. The maximum absolute atomic E-state index is 12.4. The third-order valence-electron chi connectivity index (χ3n) is 1.62. The van der Waals surface area contributed by atoms with E-state index >= 15 is 0 Å². The molecule has 5 heteroatoms. The molecule has 0 aliphatic rings. The third kappa shape index (κ3) is 6.70. The molecule has 0 aromatic rings. The summed E-state index contributed by atoms with van der Waals surface area (Å²) in [6.45, 7) is 11.0. The second-order valence-electron chi connectivity index (χ2n) is 4.48. The van der Waals surface area contributed by atoms with E-state index < -0.39 is 7.60 Å². The van der Waals surface area contributed by atoms with Crippen molar-refractivity contribution in [2.45, 2.75) is 53.8 Å². The minimum Gasteiger partial charge on any atom is -0.306 e. The standard InChI is InChI=1S/C11H22ClO3P/c1-8(2)11(12)7-16(13,14-9(3)4)15-10(5)6/h9-10H,7H2,1-6H3. The van der Waals surface area contributed by atoms with Crippen molar-refractivity contribution >= 4 is 19.2 Å². The fourth-order valence-electron chi connectivity index (χ4n) is 1.07. The minimum absolute atomic E-state index is 0.146. The molecular weight excluding hydrogens is 247 g/mol. The molecule has 0 aliphatic heterocycles. The Morgan fingerprint density at radius 3 is 1.75 bits per heavy atom. The van der Waals surface area contributed by atoms with Gasteiger partial charge in [0.2, 0.25) is 0 Å². The third-order valence-corrected chi connectivity index (χ3v) is 4.50. The molecule has 0 aliphatic carbocycles. The van der Waals surface area contributed by atoms with Gasteiger partial charge >= 0.3 is 7.60 Å². The highest BCUT2D eigenvalue weighted by Gasteiger charge is 2.28. The van der Waals surface area contributed by atoms with Crippen LogP contribution in [-0.4, -0.2) is 18.4 Å². The van der Waals surface area contributed by atoms with Crippen LogP contribution < -0.4 is 0 Å². The van der Waals surface area contributed by atoms with E-state index in [2.05, 4.69) is 0 Å². The Bertz CT molecular complexity index is 280. The van der Waals surface area contributed by atoms with Crippen molar-refractivity contribution in [2.75, 3.05) is 6.16 Å². The smallest absolute Gasteiger partial charge is 0.306 e. The predicted octanol–water partition coefficient (Wildman–Crippen LogP) is 4.56. The number of halogens is 1. The Kier molecular flexibility index (Phi) is 6.88. The average molecular weight is 269 g/mol. The summed E-state index contributed by atoms with van der Waals surface area (Å²) in [6.07, 6.45) is -0.148. The van der Waals surface area contributed by atoms with Crippen molar-refractivity contribution < 1.29 is 13.6 Å². The van der Waals surface area contributed by atoms with Gasteiger partial charge in [-0.3, -0.25) is 4.57 Å². The van der Waals surface area contributed by atoms with E-state index in [1.54, 1.807) is 0 Å². The summed E-state index contributed by atoms with van der Waals surface area (Å²) in [4.78, 5) is 0. The first kappa shape index (κ1) is 16.2. The molecule has 0 atom stereocenters. The molecule has 0 rings (SSSR count). The summed E-state index contributed by atoms with van der Waals surface area (Å²) in [5.74, 6) is 0. The highest BCUT2D eigenvalue weighted by atomic mass is 35.5. The van der Waals surface area contributed by atoms with E-state index in [9.17, 15) is 4.57 Å². The summed E-state index contributed by atoms with van der Waals surface area (Å²) >= 11 is 6.01. The van der Waals surface area contributed by atoms with E-state index in [0.717, 1.165) is 5.57 Å². The van der Waals surface area contributed by atoms with E-state index in [4.69, 9.17) is 20.6 Å². The van der Waals surface area contributed by atoms with Gasteiger partial charge in [-0.1, -0.05) is 17.2 Å². The molecule has 0 bridgehead atoms.